The van der Waals surface area contributed by atoms with Crippen LogP contribution in [-0.2, 0) is 6.54 Å². The van der Waals surface area contributed by atoms with Gasteiger partial charge in [-0.2, -0.15) is 5.10 Å². The van der Waals surface area contributed by atoms with Crippen molar-refractivity contribution in [3.8, 4) is 0 Å². The van der Waals surface area contributed by atoms with Gasteiger partial charge in [-0.25, -0.2) is 9.67 Å². The first-order valence-corrected chi connectivity index (χ1v) is 5.22. The van der Waals surface area contributed by atoms with E-state index in [-0.39, 0.29) is 11.6 Å². The van der Waals surface area contributed by atoms with Crippen molar-refractivity contribution in [2.45, 2.75) is 26.4 Å². The normalized spacial score (nSPS) is 10.9. The summed E-state index contributed by atoms with van der Waals surface area (Å²) in [6.07, 6.45) is 3.27. The topological polar surface area (TPSA) is 52.7 Å². The van der Waals surface area contributed by atoms with E-state index in [4.69, 9.17) is 0 Å². The predicted molar refractivity (Wildman–Crippen MR) is 60.2 cm³/mol. The van der Waals surface area contributed by atoms with Gasteiger partial charge in [0.1, 0.15) is 12.2 Å². The van der Waals surface area contributed by atoms with Gasteiger partial charge in [0.05, 0.1) is 6.54 Å². The van der Waals surface area contributed by atoms with Gasteiger partial charge < -0.3 is 4.57 Å². The molecule has 2 heterocycles. The maximum atomic E-state index is 11.5. The molecule has 0 bridgehead atoms. The van der Waals surface area contributed by atoms with Gasteiger partial charge in [0, 0.05) is 18.3 Å². The van der Waals surface area contributed by atoms with E-state index in [9.17, 15) is 4.79 Å². The quantitative estimate of drug-likeness (QED) is 0.774. The van der Waals surface area contributed by atoms with E-state index in [0.717, 1.165) is 5.82 Å². The van der Waals surface area contributed by atoms with Gasteiger partial charge >= 0.3 is 0 Å². The van der Waals surface area contributed by atoms with E-state index in [1.165, 1.54) is 12.4 Å². The molecule has 0 aliphatic carbocycles. The summed E-state index contributed by atoms with van der Waals surface area (Å²) in [6.45, 7) is 4.52. The summed E-state index contributed by atoms with van der Waals surface area (Å²) in [5, 5.41) is 4.13. The Morgan fingerprint density at radius 3 is 2.88 bits per heavy atom. The van der Waals surface area contributed by atoms with E-state index in [1.54, 1.807) is 16.8 Å². The molecule has 2 rings (SSSR count). The Morgan fingerprint density at radius 1 is 1.38 bits per heavy atom. The van der Waals surface area contributed by atoms with Crippen LogP contribution in [-0.4, -0.2) is 19.3 Å². The van der Waals surface area contributed by atoms with Crippen LogP contribution in [0.15, 0.2) is 35.5 Å². The Labute approximate surface area is 93.4 Å². The molecule has 2 aromatic rings. The Bertz CT molecular complexity index is 527. The number of rotatable bonds is 3. The summed E-state index contributed by atoms with van der Waals surface area (Å²) >= 11 is 0. The predicted octanol–water partition coefficient (Wildman–Crippen LogP) is 1.07. The number of hydrogen-bond acceptors (Lipinski definition) is 3. The minimum Gasteiger partial charge on any atom is -0.308 e. The van der Waals surface area contributed by atoms with Crippen LogP contribution in [0.25, 0.3) is 0 Å². The van der Waals surface area contributed by atoms with Gasteiger partial charge in [0.2, 0.25) is 0 Å². The summed E-state index contributed by atoms with van der Waals surface area (Å²) in [5.41, 5.74) is -0.0270. The van der Waals surface area contributed by atoms with Gasteiger partial charge in [-0.05, 0) is 19.9 Å². The number of nitrogens with zero attached hydrogens (tertiary/aromatic N) is 4. The Morgan fingerprint density at radius 2 is 2.19 bits per heavy atom. The first-order chi connectivity index (χ1) is 7.68. The highest BCUT2D eigenvalue weighted by atomic mass is 16.1. The van der Waals surface area contributed by atoms with Crippen LogP contribution in [0.2, 0.25) is 0 Å². The average molecular weight is 218 g/mol. The molecule has 2 aromatic heterocycles. The molecule has 0 saturated heterocycles. The van der Waals surface area contributed by atoms with Crippen LogP contribution in [0.4, 0.5) is 0 Å². The molecule has 0 saturated carbocycles. The van der Waals surface area contributed by atoms with Crippen LogP contribution in [0.3, 0.4) is 0 Å². The fraction of sp³-hybridized carbons (Fsp3) is 0.364. The fourth-order valence-corrected chi connectivity index (χ4v) is 1.56. The molecule has 0 aromatic carbocycles. The fourth-order valence-electron chi connectivity index (χ4n) is 1.56. The SMILES string of the molecule is CC(C)n1ncnc1Cn1ccccc1=O. The van der Waals surface area contributed by atoms with E-state index < -0.39 is 0 Å². The van der Waals surface area contributed by atoms with E-state index in [1.807, 2.05) is 24.6 Å². The second-order valence-electron chi connectivity index (χ2n) is 3.88. The van der Waals surface area contributed by atoms with Gasteiger partial charge in [-0.15, -0.1) is 0 Å². The Balaban J connectivity index is 2.31. The molecular formula is C11H14N4O. The lowest BCUT2D eigenvalue weighted by molar-refractivity contribution is 0.494. The molecule has 0 amide bonds. The zero-order valence-corrected chi connectivity index (χ0v) is 9.37. The zero-order valence-electron chi connectivity index (χ0n) is 9.37. The van der Waals surface area contributed by atoms with Crippen molar-refractivity contribution >= 4 is 0 Å². The molecule has 0 spiro atoms. The summed E-state index contributed by atoms with van der Waals surface area (Å²) in [7, 11) is 0. The molecule has 84 valence electrons. The molecule has 0 radical (unpaired) electrons. The molecule has 0 aliphatic rings. The highest BCUT2D eigenvalue weighted by Gasteiger charge is 2.08. The number of pyridine rings is 1. The molecule has 5 heteroatoms. The average Bonchev–Trinajstić information content (AvgIpc) is 2.69. The van der Waals surface area contributed by atoms with Crippen molar-refractivity contribution in [3.63, 3.8) is 0 Å². The maximum absolute atomic E-state index is 11.5. The van der Waals surface area contributed by atoms with Crippen LogP contribution in [0.1, 0.15) is 25.7 Å². The van der Waals surface area contributed by atoms with E-state index in [0.29, 0.717) is 6.54 Å². The second-order valence-corrected chi connectivity index (χ2v) is 3.88. The van der Waals surface area contributed by atoms with E-state index >= 15 is 0 Å². The smallest absolute Gasteiger partial charge is 0.250 e. The van der Waals surface area contributed by atoms with Gasteiger partial charge in [-0.3, -0.25) is 4.79 Å². The highest BCUT2D eigenvalue weighted by molar-refractivity contribution is 4.97. The van der Waals surface area contributed by atoms with Crippen LogP contribution in [0.5, 0.6) is 0 Å². The van der Waals surface area contributed by atoms with Crippen molar-refractivity contribution in [2.75, 3.05) is 0 Å². The molecule has 5 nitrogen and oxygen atoms in total. The van der Waals surface area contributed by atoms with Gasteiger partial charge in [-0.1, -0.05) is 6.07 Å². The highest BCUT2D eigenvalue weighted by Crippen LogP contribution is 2.05. The summed E-state index contributed by atoms with van der Waals surface area (Å²) < 4.78 is 3.43. The van der Waals surface area contributed by atoms with Crippen molar-refractivity contribution in [1.82, 2.24) is 19.3 Å². The van der Waals surface area contributed by atoms with Crippen LogP contribution in [0, 0.1) is 0 Å². The standard InChI is InChI=1S/C11H14N4O/c1-9(2)15-10(12-8-13-15)7-14-6-4-3-5-11(14)16/h3-6,8-9H,7H2,1-2H3. The Kier molecular flexibility index (Phi) is 2.85. The minimum atomic E-state index is -0.0270. The summed E-state index contributed by atoms with van der Waals surface area (Å²) in [6, 6.07) is 5.34. The monoisotopic (exact) mass is 218 g/mol. The second kappa shape index (κ2) is 4.30. The van der Waals surface area contributed by atoms with Crippen LogP contribution >= 0.6 is 0 Å². The zero-order chi connectivity index (χ0) is 11.5. The number of aromatic nitrogens is 4. The summed E-state index contributed by atoms with van der Waals surface area (Å²) in [5.74, 6) is 0.795. The molecular weight excluding hydrogens is 204 g/mol. The molecule has 0 N–H and O–H groups in total. The van der Waals surface area contributed by atoms with Gasteiger partial charge in [0.25, 0.3) is 5.56 Å². The largest absolute Gasteiger partial charge is 0.308 e. The third-order valence-corrected chi connectivity index (χ3v) is 2.35. The lowest BCUT2D eigenvalue weighted by atomic mass is 10.4. The van der Waals surface area contributed by atoms with Crippen LogP contribution < -0.4 is 5.56 Å². The van der Waals surface area contributed by atoms with Crippen molar-refractivity contribution in [2.24, 2.45) is 0 Å². The van der Waals surface area contributed by atoms with Crippen molar-refractivity contribution < 1.29 is 0 Å². The third-order valence-electron chi connectivity index (χ3n) is 2.35. The number of hydrogen-bond donors (Lipinski definition) is 0. The lowest BCUT2D eigenvalue weighted by Crippen LogP contribution is -2.21. The maximum Gasteiger partial charge on any atom is 0.250 e. The first-order valence-electron chi connectivity index (χ1n) is 5.22. The minimum absolute atomic E-state index is 0.0270. The summed E-state index contributed by atoms with van der Waals surface area (Å²) in [4.78, 5) is 15.7. The molecule has 0 fully saturated rings. The first kappa shape index (κ1) is 10.6. The van der Waals surface area contributed by atoms with Crippen molar-refractivity contribution in [3.05, 3.63) is 46.9 Å². The molecule has 0 aliphatic heterocycles. The lowest BCUT2D eigenvalue weighted by Gasteiger charge is -2.10. The molecule has 0 unspecified atom stereocenters. The third kappa shape index (κ3) is 2.03. The van der Waals surface area contributed by atoms with Gasteiger partial charge in [0.15, 0.2) is 0 Å². The molecule has 16 heavy (non-hydrogen) atoms. The van der Waals surface area contributed by atoms with E-state index in [2.05, 4.69) is 10.1 Å². The van der Waals surface area contributed by atoms with Crippen molar-refractivity contribution in [1.29, 1.82) is 0 Å². The molecule has 0 atom stereocenters. The Hall–Kier alpha value is -1.91.